The van der Waals surface area contributed by atoms with Crippen molar-refractivity contribution < 1.29 is 19.7 Å². The van der Waals surface area contributed by atoms with Gasteiger partial charge in [0, 0.05) is 17.3 Å². The minimum atomic E-state index is -1.02. The molecule has 2 N–H and O–H groups in total. The molecule has 0 unspecified atom stereocenters. The molecule has 5 fully saturated rings. The van der Waals surface area contributed by atoms with Gasteiger partial charge in [0.1, 0.15) is 12.2 Å². The SMILES string of the molecule is CC(C)=CCC[C@@H](C)[C@H]1CC[C@@]2(C)[C@@H]3CC[C@H]4C(C)(C)[C@@H](OC(=O)CC(C)C)[C@H](O)[C@H](O)[C@@]45C[C@@]35CC[C@]12C. The average Bonchev–Trinajstić information content (AvgIpc) is 3.44. The van der Waals surface area contributed by atoms with E-state index in [2.05, 4.69) is 54.5 Å². The summed E-state index contributed by atoms with van der Waals surface area (Å²) in [6.45, 7) is 20.6. The van der Waals surface area contributed by atoms with E-state index in [-0.39, 0.29) is 39.5 Å². The Bertz CT molecular complexity index is 995. The summed E-state index contributed by atoms with van der Waals surface area (Å²) in [5.74, 6) is 2.33. The van der Waals surface area contributed by atoms with Crippen molar-refractivity contribution in [3.05, 3.63) is 11.6 Å². The molecule has 5 aliphatic rings. The number of rotatable bonds is 7. The third kappa shape index (κ3) is 3.99. The van der Waals surface area contributed by atoms with E-state index in [0.717, 1.165) is 24.7 Å². The molecule has 0 heterocycles. The molecule has 222 valence electrons. The Labute approximate surface area is 238 Å². The zero-order valence-electron chi connectivity index (χ0n) is 26.5. The molecule has 0 aromatic carbocycles. The highest BCUT2D eigenvalue weighted by Gasteiger charge is 2.86. The molecule has 4 nitrogen and oxygen atoms in total. The predicted molar refractivity (Wildman–Crippen MR) is 157 cm³/mol. The first-order valence-corrected chi connectivity index (χ1v) is 16.3. The minimum Gasteiger partial charge on any atom is -0.459 e. The Kier molecular flexibility index (Phi) is 7.27. The number of ether oxygens (including phenoxy) is 1. The largest absolute Gasteiger partial charge is 0.459 e. The van der Waals surface area contributed by atoms with Crippen molar-refractivity contribution in [2.24, 2.45) is 56.7 Å². The molecule has 0 aromatic rings. The number of carbonyl (C=O) groups excluding carboxylic acids is 1. The van der Waals surface area contributed by atoms with Gasteiger partial charge in [-0.15, -0.1) is 0 Å². The molecule has 0 bridgehead atoms. The van der Waals surface area contributed by atoms with Gasteiger partial charge in [0.2, 0.25) is 0 Å². The van der Waals surface area contributed by atoms with Crippen molar-refractivity contribution in [2.45, 2.75) is 145 Å². The number of allylic oxidation sites excluding steroid dienone is 2. The lowest BCUT2D eigenvalue weighted by Crippen LogP contribution is -2.66. The van der Waals surface area contributed by atoms with Crippen LogP contribution in [0.15, 0.2) is 11.6 Å². The Morgan fingerprint density at radius 2 is 1.62 bits per heavy atom. The molecule has 11 atom stereocenters. The molecule has 2 spiro atoms. The Hall–Kier alpha value is -0.870. The van der Waals surface area contributed by atoms with E-state index in [4.69, 9.17) is 4.74 Å². The summed E-state index contributed by atoms with van der Waals surface area (Å²) in [4.78, 5) is 12.7. The summed E-state index contributed by atoms with van der Waals surface area (Å²) >= 11 is 0. The third-order valence-corrected chi connectivity index (χ3v) is 13.9. The highest BCUT2D eigenvalue weighted by Crippen LogP contribution is 2.89. The highest BCUT2D eigenvalue weighted by molar-refractivity contribution is 5.70. The van der Waals surface area contributed by atoms with Crippen molar-refractivity contribution in [3.63, 3.8) is 0 Å². The van der Waals surface area contributed by atoms with Crippen molar-refractivity contribution in [1.82, 2.24) is 0 Å². The topological polar surface area (TPSA) is 66.8 Å². The quantitative estimate of drug-likeness (QED) is 0.255. The summed E-state index contributed by atoms with van der Waals surface area (Å²) in [5.41, 5.74) is 1.57. The lowest BCUT2D eigenvalue weighted by atomic mass is 9.41. The normalized spacial score (nSPS) is 48.3. The molecular weight excluding hydrogens is 484 g/mol. The molecule has 39 heavy (non-hydrogen) atoms. The number of fused-ring (bicyclic) bond motifs is 2. The van der Waals surface area contributed by atoms with Crippen LogP contribution in [-0.4, -0.2) is 34.5 Å². The molecular formula is C35H58O4. The van der Waals surface area contributed by atoms with Gasteiger partial charge in [-0.05, 0) is 117 Å². The lowest BCUT2D eigenvalue weighted by Gasteiger charge is -2.64. The van der Waals surface area contributed by atoms with E-state index in [1.807, 2.05) is 13.8 Å². The fourth-order valence-electron chi connectivity index (χ4n) is 11.9. The van der Waals surface area contributed by atoms with E-state index in [0.29, 0.717) is 17.8 Å². The van der Waals surface area contributed by atoms with Crippen LogP contribution in [0.5, 0.6) is 0 Å². The second-order valence-corrected chi connectivity index (χ2v) is 16.6. The fraction of sp³-hybridized carbons (Fsp3) is 0.914. The van der Waals surface area contributed by atoms with Crippen LogP contribution in [0.4, 0.5) is 0 Å². The van der Waals surface area contributed by atoms with Gasteiger partial charge < -0.3 is 14.9 Å². The van der Waals surface area contributed by atoms with Crippen LogP contribution in [-0.2, 0) is 9.53 Å². The number of carbonyl (C=O) groups is 1. The zero-order valence-corrected chi connectivity index (χ0v) is 26.5. The van der Waals surface area contributed by atoms with Gasteiger partial charge in [-0.25, -0.2) is 0 Å². The standard InChI is InChI=1S/C35H58O4/c1-21(2)11-10-12-23(5)24-15-16-33(9)26-14-13-25-31(6,7)30(39-27(36)19-22(3)4)28(37)29(38)35(25)20-34(26,35)18-17-32(24,33)8/h11,22-26,28-30,37-38H,10,12-20H2,1-9H3/t23-,24-,25+,26+,28-,29+,30+,32-,33+,34+,35-/m1/s1. The monoisotopic (exact) mass is 542 g/mol. The molecule has 0 aliphatic heterocycles. The number of hydrogen-bond acceptors (Lipinski definition) is 4. The van der Waals surface area contributed by atoms with Gasteiger partial charge in [0.05, 0.1) is 6.10 Å². The summed E-state index contributed by atoms with van der Waals surface area (Å²) in [7, 11) is 0. The Morgan fingerprint density at radius 1 is 0.949 bits per heavy atom. The molecule has 5 aliphatic carbocycles. The van der Waals surface area contributed by atoms with Crippen LogP contribution in [0.1, 0.15) is 127 Å². The predicted octanol–water partition coefficient (Wildman–Crippen LogP) is 7.71. The van der Waals surface area contributed by atoms with E-state index in [9.17, 15) is 15.0 Å². The highest BCUT2D eigenvalue weighted by atomic mass is 16.6. The summed E-state index contributed by atoms with van der Waals surface area (Å²) in [5, 5.41) is 23.5. The van der Waals surface area contributed by atoms with Gasteiger partial charge in [0.25, 0.3) is 0 Å². The Morgan fingerprint density at radius 3 is 2.26 bits per heavy atom. The average molecular weight is 543 g/mol. The molecule has 0 saturated heterocycles. The van der Waals surface area contributed by atoms with E-state index in [1.165, 1.54) is 50.5 Å². The first kappa shape index (κ1) is 29.6. The number of esters is 1. The first-order chi connectivity index (χ1) is 18.1. The fourth-order valence-corrected chi connectivity index (χ4v) is 11.9. The van der Waals surface area contributed by atoms with Crippen LogP contribution in [0, 0.1) is 56.7 Å². The molecule has 5 saturated carbocycles. The molecule has 0 aromatic heterocycles. The first-order valence-electron chi connectivity index (χ1n) is 16.3. The van der Waals surface area contributed by atoms with Crippen LogP contribution < -0.4 is 0 Å². The molecule has 0 amide bonds. The van der Waals surface area contributed by atoms with Crippen LogP contribution in [0.2, 0.25) is 0 Å². The second-order valence-electron chi connectivity index (χ2n) is 16.6. The number of aliphatic hydroxyl groups excluding tert-OH is 2. The van der Waals surface area contributed by atoms with Crippen molar-refractivity contribution >= 4 is 5.97 Å². The number of hydrogen-bond donors (Lipinski definition) is 2. The molecule has 5 rings (SSSR count). The van der Waals surface area contributed by atoms with Crippen molar-refractivity contribution in [1.29, 1.82) is 0 Å². The summed E-state index contributed by atoms with van der Waals surface area (Å²) in [6, 6.07) is 0. The third-order valence-electron chi connectivity index (χ3n) is 13.9. The van der Waals surface area contributed by atoms with E-state index < -0.39 is 18.3 Å². The van der Waals surface area contributed by atoms with Crippen LogP contribution in [0.3, 0.4) is 0 Å². The van der Waals surface area contributed by atoms with Gasteiger partial charge in [0.15, 0.2) is 0 Å². The minimum absolute atomic E-state index is 0.120. The Balaban J connectivity index is 1.41. The van der Waals surface area contributed by atoms with Gasteiger partial charge in [-0.1, -0.05) is 60.1 Å². The van der Waals surface area contributed by atoms with Crippen LogP contribution >= 0.6 is 0 Å². The lowest BCUT2D eigenvalue weighted by molar-refractivity contribution is -0.245. The summed E-state index contributed by atoms with van der Waals surface area (Å²) < 4.78 is 5.99. The maximum absolute atomic E-state index is 12.7. The van der Waals surface area contributed by atoms with Crippen LogP contribution in [0.25, 0.3) is 0 Å². The van der Waals surface area contributed by atoms with Gasteiger partial charge in [-0.3, -0.25) is 4.79 Å². The van der Waals surface area contributed by atoms with Crippen molar-refractivity contribution in [3.8, 4) is 0 Å². The smallest absolute Gasteiger partial charge is 0.306 e. The van der Waals surface area contributed by atoms with E-state index >= 15 is 0 Å². The summed E-state index contributed by atoms with van der Waals surface area (Å²) in [6.07, 6.45) is 11.1. The number of aliphatic hydroxyl groups is 2. The van der Waals surface area contributed by atoms with E-state index in [1.54, 1.807) is 0 Å². The maximum Gasteiger partial charge on any atom is 0.306 e. The van der Waals surface area contributed by atoms with Gasteiger partial charge >= 0.3 is 5.97 Å². The van der Waals surface area contributed by atoms with Crippen molar-refractivity contribution in [2.75, 3.05) is 0 Å². The molecule has 4 heteroatoms. The zero-order chi connectivity index (χ0) is 28.8. The second kappa shape index (κ2) is 9.58. The maximum atomic E-state index is 12.7. The molecule has 0 radical (unpaired) electrons. The van der Waals surface area contributed by atoms with Gasteiger partial charge in [-0.2, -0.15) is 0 Å².